The summed E-state index contributed by atoms with van der Waals surface area (Å²) in [7, 11) is 0. The van der Waals surface area contributed by atoms with Crippen LogP contribution in [0.3, 0.4) is 0 Å². The van der Waals surface area contributed by atoms with Gasteiger partial charge in [-0.3, -0.25) is 4.79 Å². The second kappa shape index (κ2) is 7.04. The number of aryl methyl sites for hydroxylation is 1. The molecule has 0 radical (unpaired) electrons. The first-order valence-corrected chi connectivity index (χ1v) is 5.81. The highest BCUT2D eigenvalue weighted by Gasteiger charge is 2.11. The Morgan fingerprint density at radius 2 is 1.69 bits per heavy atom. The SMILES string of the molecule is CCC.CCC(=O)c1ccc(C)c(C)c1O. The van der Waals surface area contributed by atoms with Crippen molar-refractivity contribution in [3.63, 3.8) is 0 Å². The van der Waals surface area contributed by atoms with Crippen LogP contribution in [0, 0.1) is 13.8 Å². The van der Waals surface area contributed by atoms with Gasteiger partial charge in [0.25, 0.3) is 0 Å². The Labute approximate surface area is 98.3 Å². The first-order chi connectivity index (χ1) is 7.49. The molecule has 1 N–H and O–H groups in total. The number of aromatic hydroxyl groups is 1. The van der Waals surface area contributed by atoms with Crippen LogP contribution in [0.25, 0.3) is 0 Å². The van der Waals surface area contributed by atoms with Gasteiger partial charge in [0, 0.05) is 6.42 Å². The molecule has 0 bridgehead atoms. The molecule has 0 saturated heterocycles. The van der Waals surface area contributed by atoms with Crippen LogP contribution in [0.15, 0.2) is 12.1 Å². The van der Waals surface area contributed by atoms with E-state index in [1.807, 2.05) is 19.9 Å². The average Bonchev–Trinajstić information content (AvgIpc) is 2.26. The lowest BCUT2D eigenvalue weighted by molar-refractivity contribution is 0.0985. The fraction of sp³-hybridized carbons (Fsp3) is 0.500. The van der Waals surface area contributed by atoms with E-state index in [4.69, 9.17) is 0 Å². The summed E-state index contributed by atoms with van der Waals surface area (Å²) in [5.41, 5.74) is 2.23. The standard InChI is InChI=1S/C11H14O2.C3H8/c1-4-10(12)9-6-5-7(2)8(3)11(9)13;1-3-2/h5-6,13H,4H2,1-3H3;3H2,1-2H3. The van der Waals surface area contributed by atoms with Gasteiger partial charge in [-0.2, -0.15) is 0 Å². The number of ketones is 1. The molecular weight excluding hydrogens is 200 g/mol. The second-order valence-corrected chi connectivity index (χ2v) is 3.89. The average molecular weight is 222 g/mol. The van der Waals surface area contributed by atoms with E-state index in [1.165, 1.54) is 6.42 Å². The molecule has 1 aromatic rings. The minimum Gasteiger partial charge on any atom is -0.507 e. The molecule has 0 heterocycles. The number of carbonyl (C=O) groups excluding carboxylic acids is 1. The molecule has 2 nitrogen and oxygen atoms in total. The summed E-state index contributed by atoms with van der Waals surface area (Å²) in [5, 5.41) is 9.66. The quantitative estimate of drug-likeness (QED) is 0.767. The molecule has 0 unspecified atom stereocenters. The number of Topliss-reactive ketones (excluding diaryl/α,β-unsaturated/α-hetero) is 1. The van der Waals surface area contributed by atoms with Crippen molar-refractivity contribution in [1.29, 1.82) is 0 Å². The molecule has 16 heavy (non-hydrogen) atoms. The van der Waals surface area contributed by atoms with E-state index in [2.05, 4.69) is 13.8 Å². The van der Waals surface area contributed by atoms with E-state index in [9.17, 15) is 9.90 Å². The molecule has 0 atom stereocenters. The third-order valence-electron chi connectivity index (χ3n) is 2.32. The van der Waals surface area contributed by atoms with Crippen molar-refractivity contribution in [3.05, 3.63) is 28.8 Å². The Kier molecular flexibility index (Phi) is 6.47. The fourth-order valence-electron chi connectivity index (χ4n) is 1.22. The topological polar surface area (TPSA) is 37.3 Å². The predicted octanol–water partition coefficient (Wildman–Crippen LogP) is 4.02. The van der Waals surface area contributed by atoms with Crippen LogP contribution in [0.5, 0.6) is 5.75 Å². The summed E-state index contributed by atoms with van der Waals surface area (Å²) in [6, 6.07) is 3.54. The largest absolute Gasteiger partial charge is 0.507 e. The van der Waals surface area contributed by atoms with Gasteiger partial charge in [-0.1, -0.05) is 33.3 Å². The third kappa shape index (κ3) is 3.69. The van der Waals surface area contributed by atoms with Crippen molar-refractivity contribution in [2.45, 2.75) is 47.5 Å². The van der Waals surface area contributed by atoms with Crippen LogP contribution in [0.1, 0.15) is 55.1 Å². The highest BCUT2D eigenvalue weighted by Crippen LogP contribution is 2.25. The van der Waals surface area contributed by atoms with E-state index >= 15 is 0 Å². The van der Waals surface area contributed by atoms with Crippen molar-refractivity contribution in [2.24, 2.45) is 0 Å². The molecule has 0 spiro atoms. The van der Waals surface area contributed by atoms with Gasteiger partial charge in [-0.15, -0.1) is 0 Å². The van der Waals surface area contributed by atoms with Crippen molar-refractivity contribution in [1.82, 2.24) is 0 Å². The summed E-state index contributed by atoms with van der Waals surface area (Å²) in [4.78, 5) is 11.3. The van der Waals surface area contributed by atoms with Crippen LogP contribution in [0.2, 0.25) is 0 Å². The lowest BCUT2D eigenvalue weighted by atomic mass is 10.0. The van der Waals surface area contributed by atoms with Gasteiger partial charge in [-0.05, 0) is 31.0 Å². The zero-order valence-corrected chi connectivity index (χ0v) is 10.9. The number of hydrogen-bond acceptors (Lipinski definition) is 2. The minimum absolute atomic E-state index is 0.0133. The maximum absolute atomic E-state index is 11.3. The lowest BCUT2D eigenvalue weighted by Crippen LogP contribution is -1.98. The highest BCUT2D eigenvalue weighted by atomic mass is 16.3. The number of phenolic OH excluding ortho intramolecular Hbond substituents is 1. The van der Waals surface area contributed by atoms with Crippen molar-refractivity contribution < 1.29 is 9.90 Å². The molecule has 0 saturated carbocycles. The Balaban J connectivity index is 0.000000673. The van der Waals surface area contributed by atoms with E-state index in [0.717, 1.165) is 11.1 Å². The lowest BCUT2D eigenvalue weighted by Gasteiger charge is -2.07. The molecule has 0 aliphatic rings. The molecule has 90 valence electrons. The third-order valence-corrected chi connectivity index (χ3v) is 2.32. The van der Waals surface area contributed by atoms with Crippen molar-refractivity contribution in [3.8, 4) is 5.75 Å². The highest BCUT2D eigenvalue weighted by molar-refractivity contribution is 5.98. The van der Waals surface area contributed by atoms with Gasteiger partial charge in [0.05, 0.1) is 5.56 Å². The predicted molar refractivity (Wildman–Crippen MR) is 68.2 cm³/mol. The zero-order valence-electron chi connectivity index (χ0n) is 10.9. The molecule has 0 aliphatic heterocycles. The van der Waals surface area contributed by atoms with Crippen LogP contribution in [-0.2, 0) is 0 Å². The maximum atomic E-state index is 11.3. The molecule has 0 fully saturated rings. The van der Waals surface area contributed by atoms with Gasteiger partial charge in [0.2, 0.25) is 0 Å². The number of benzene rings is 1. The van der Waals surface area contributed by atoms with Crippen LogP contribution >= 0.6 is 0 Å². The number of hydrogen-bond donors (Lipinski definition) is 1. The van der Waals surface area contributed by atoms with Gasteiger partial charge in [0.15, 0.2) is 5.78 Å². The molecule has 0 aliphatic carbocycles. The zero-order chi connectivity index (χ0) is 12.7. The fourth-order valence-corrected chi connectivity index (χ4v) is 1.22. The smallest absolute Gasteiger partial charge is 0.166 e. The van der Waals surface area contributed by atoms with E-state index in [0.29, 0.717) is 12.0 Å². The minimum atomic E-state index is -0.0133. The van der Waals surface area contributed by atoms with E-state index in [-0.39, 0.29) is 11.5 Å². The molecule has 2 heteroatoms. The molecule has 1 rings (SSSR count). The number of carbonyl (C=O) groups is 1. The Hall–Kier alpha value is -1.31. The van der Waals surface area contributed by atoms with Crippen LogP contribution in [-0.4, -0.2) is 10.9 Å². The summed E-state index contributed by atoms with van der Waals surface area (Å²) >= 11 is 0. The monoisotopic (exact) mass is 222 g/mol. The van der Waals surface area contributed by atoms with Crippen LogP contribution < -0.4 is 0 Å². The van der Waals surface area contributed by atoms with Crippen molar-refractivity contribution in [2.75, 3.05) is 0 Å². The molecular formula is C14H22O2. The molecule has 1 aromatic carbocycles. The van der Waals surface area contributed by atoms with Gasteiger partial charge in [0.1, 0.15) is 5.75 Å². The van der Waals surface area contributed by atoms with Gasteiger partial charge < -0.3 is 5.11 Å². The van der Waals surface area contributed by atoms with Crippen LogP contribution in [0.4, 0.5) is 0 Å². The summed E-state index contributed by atoms with van der Waals surface area (Å²) in [5.74, 6) is 0.118. The van der Waals surface area contributed by atoms with Gasteiger partial charge in [-0.25, -0.2) is 0 Å². The maximum Gasteiger partial charge on any atom is 0.166 e. The van der Waals surface area contributed by atoms with E-state index in [1.54, 1.807) is 13.0 Å². The van der Waals surface area contributed by atoms with E-state index < -0.39 is 0 Å². The first kappa shape index (κ1) is 14.7. The Morgan fingerprint density at radius 1 is 1.19 bits per heavy atom. The Morgan fingerprint density at radius 3 is 2.12 bits per heavy atom. The summed E-state index contributed by atoms with van der Waals surface area (Å²) < 4.78 is 0. The first-order valence-electron chi connectivity index (χ1n) is 5.81. The van der Waals surface area contributed by atoms with Gasteiger partial charge >= 0.3 is 0 Å². The normalized spacial score (nSPS) is 9.31. The molecule has 0 amide bonds. The second-order valence-electron chi connectivity index (χ2n) is 3.89. The van der Waals surface area contributed by atoms with Crippen molar-refractivity contribution >= 4 is 5.78 Å². The number of rotatable bonds is 2. The Bertz CT molecular complexity index is 354. The summed E-state index contributed by atoms with van der Waals surface area (Å²) in [6.07, 6.45) is 1.68. The molecule has 0 aromatic heterocycles. The summed E-state index contributed by atoms with van der Waals surface area (Å²) in [6.45, 7) is 9.77. The number of phenols is 1.